The van der Waals surface area contributed by atoms with E-state index in [9.17, 15) is 9.90 Å². The smallest absolute Gasteiger partial charge is 0.330 e. The van der Waals surface area contributed by atoms with Crippen molar-refractivity contribution in [1.29, 1.82) is 0 Å². The maximum Gasteiger partial charge on any atom is 0.330 e. The first-order chi connectivity index (χ1) is 20.6. The molecule has 0 radical (unpaired) electrons. The molecule has 250 valence electrons. The molecule has 1 unspecified atom stereocenters. The molecule has 42 heavy (non-hydrogen) atoms. The lowest BCUT2D eigenvalue weighted by Crippen LogP contribution is -2.05. The third kappa shape index (κ3) is 32.1. The fourth-order valence-corrected chi connectivity index (χ4v) is 6.53. The molecule has 1 atom stereocenters. The van der Waals surface area contributed by atoms with Crippen molar-refractivity contribution < 1.29 is 9.90 Å². The molecule has 0 aliphatic rings. The Labute approximate surface area is 265 Å². The minimum absolute atomic E-state index is 0.396. The van der Waals surface area contributed by atoms with Gasteiger partial charge in [-0.25, -0.2) is 4.79 Å². The van der Waals surface area contributed by atoms with Gasteiger partial charge in [0.1, 0.15) is 0 Å². The molecule has 0 aromatic carbocycles. The van der Waals surface area contributed by atoms with E-state index in [1.54, 1.807) is 0 Å². The third-order valence-electron chi connectivity index (χ3n) is 9.59. The van der Waals surface area contributed by atoms with Crippen LogP contribution in [0.1, 0.15) is 232 Å². The summed E-state index contributed by atoms with van der Waals surface area (Å²) in [5, 5.41) is 9.23. The molecule has 0 aromatic rings. The van der Waals surface area contributed by atoms with Crippen LogP contribution >= 0.6 is 0 Å². The lowest BCUT2D eigenvalue weighted by Gasteiger charge is -2.17. The van der Waals surface area contributed by atoms with Crippen molar-refractivity contribution in [3.05, 3.63) is 12.2 Å². The molecule has 2 nitrogen and oxygen atoms in total. The molecule has 1 N–H and O–H groups in total. The molecule has 0 aliphatic carbocycles. The van der Waals surface area contributed by atoms with Crippen molar-refractivity contribution in [1.82, 2.24) is 0 Å². The highest BCUT2D eigenvalue weighted by atomic mass is 16.4. The van der Waals surface area contributed by atoms with Gasteiger partial charge in [-0.3, -0.25) is 0 Å². The van der Waals surface area contributed by atoms with E-state index in [1.807, 2.05) is 0 Å². The predicted molar refractivity (Wildman–Crippen MR) is 189 cm³/mol. The Morgan fingerprint density at radius 1 is 0.429 bits per heavy atom. The third-order valence-corrected chi connectivity index (χ3v) is 9.59. The first kappa shape index (κ1) is 41.2. The van der Waals surface area contributed by atoms with E-state index in [-0.39, 0.29) is 0 Å². The molecular formula is C40H78O2. The monoisotopic (exact) mass is 591 g/mol. The summed E-state index contributed by atoms with van der Waals surface area (Å²) in [5.41, 5.74) is 0.396. The molecule has 0 heterocycles. The first-order valence-corrected chi connectivity index (χ1v) is 19.5. The maximum atomic E-state index is 11.2. The van der Waals surface area contributed by atoms with Gasteiger partial charge >= 0.3 is 5.97 Å². The molecule has 0 rings (SSSR count). The Balaban J connectivity index is 3.74. The normalized spacial score (nSPS) is 12.1. The van der Waals surface area contributed by atoms with E-state index in [2.05, 4.69) is 20.4 Å². The van der Waals surface area contributed by atoms with Crippen LogP contribution in [0.5, 0.6) is 0 Å². The average molecular weight is 591 g/mol. The van der Waals surface area contributed by atoms with Crippen molar-refractivity contribution in [3.8, 4) is 0 Å². The van der Waals surface area contributed by atoms with Crippen molar-refractivity contribution >= 4 is 5.97 Å². The molecule has 0 spiro atoms. The Hall–Kier alpha value is -0.790. The number of unbranched alkanes of at least 4 members (excludes halogenated alkanes) is 28. The van der Waals surface area contributed by atoms with Gasteiger partial charge in [0, 0.05) is 5.57 Å². The number of carbonyl (C=O) groups is 1. The standard InChI is InChI=1S/C40H78O2/c1-4-6-8-10-12-14-16-18-20-21-23-25-27-29-31-33-35-39(37-36-38(3)40(41)42)34-32-30-28-26-24-22-19-17-15-13-11-9-7-5-2/h39H,3-37H2,1-2H3,(H,41,42). The van der Waals surface area contributed by atoms with Gasteiger partial charge in [-0.1, -0.05) is 226 Å². The summed E-state index contributed by atoms with van der Waals surface area (Å²) < 4.78 is 0. The SMILES string of the molecule is C=C(CCC(CCCCCCCCCCCCCCCC)CCCCCCCCCCCCCCCCCC)C(=O)O. The van der Waals surface area contributed by atoms with E-state index in [0.29, 0.717) is 17.9 Å². The zero-order chi connectivity index (χ0) is 30.8. The van der Waals surface area contributed by atoms with E-state index in [0.717, 1.165) is 6.42 Å². The largest absolute Gasteiger partial charge is 0.478 e. The van der Waals surface area contributed by atoms with E-state index >= 15 is 0 Å². The Bertz CT molecular complexity index is 554. The van der Waals surface area contributed by atoms with Crippen molar-refractivity contribution in [2.75, 3.05) is 0 Å². The highest BCUT2D eigenvalue weighted by Crippen LogP contribution is 2.25. The van der Waals surface area contributed by atoms with Gasteiger partial charge in [-0.2, -0.15) is 0 Å². The van der Waals surface area contributed by atoms with Gasteiger partial charge in [0.15, 0.2) is 0 Å². The fraction of sp³-hybridized carbons (Fsp3) is 0.925. The van der Waals surface area contributed by atoms with Gasteiger partial charge in [0.25, 0.3) is 0 Å². The summed E-state index contributed by atoms with van der Waals surface area (Å²) in [4.78, 5) is 11.2. The summed E-state index contributed by atoms with van der Waals surface area (Å²) in [6.07, 6.45) is 46.6. The number of rotatable bonds is 36. The number of carboxylic acid groups (broad SMARTS) is 1. The zero-order valence-electron chi connectivity index (χ0n) is 29.2. The summed E-state index contributed by atoms with van der Waals surface area (Å²) in [5.74, 6) is -0.127. The van der Waals surface area contributed by atoms with Crippen molar-refractivity contribution in [3.63, 3.8) is 0 Å². The van der Waals surface area contributed by atoms with Gasteiger partial charge in [0.05, 0.1) is 0 Å². The molecule has 0 saturated heterocycles. The second kappa shape index (κ2) is 34.7. The van der Waals surface area contributed by atoms with Crippen LogP contribution in [0.25, 0.3) is 0 Å². The van der Waals surface area contributed by atoms with Crippen LogP contribution in [-0.4, -0.2) is 11.1 Å². The van der Waals surface area contributed by atoms with Crippen LogP contribution < -0.4 is 0 Å². The van der Waals surface area contributed by atoms with E-state index in [1.165, 1.54) is 205 Å². The topological polar surface area (TPSA) is 37.3 Å². The number of carboxylic acids is 1. The Kier molecular flexibility index (Phi) is 34.0. The van der Waals surface area contributed by atoms with E-state index in [4.69, 9.17) is 0 Å². The van der Waals surface area contributed by atoms with Crippen LogP contribution in [0.4, 0.5) is 0 Å². The lowest BCUT2D eigenvalue weighted by molar-refractivity contribution is -0.132. The molecule has 0 bridgehead atoms. The highest BCUT2D eigenvalue weighted by molar-refractivity contribution is 5.85. The lowest BCUT2D eigenvalue weighted by atomic mass is 9.89. The average Bonchev–Trinajstić information content (AvgIpc) is 2.99. The quantitative estimate of drug-likeness (QED) is 0.0582. The maximum absolute atomic E-state index is 11.2. The summed E-state index contributed by atoms with van der Waals surface area (Å²) in [6, 6.07) is 0. The van der Waals surface area contributed by atoms with Crippen LogP contribution in [0.2, 0.25) is 0 Å². The van der Waals surface area contributed by atoms with Crippen molar-refractivity contribution in [2.45, 2.75) is 232 Å². The van der Waals surface area contributed by atoms with Gasteiger partial charge in [-0.15, -0.1) is 0 Å². The van der Waals surface area contributed by atoms with Gasteiger partial charge in [-0.05, 0) is 18.8 Å². The predicted octanol–water partition coefficient (Wildman–Crippen LogP) is 14.5. The molecule has 0 saturated carbocycles. The minimum Gasteiger partial charge on any atom is -0.478 e. The van der Waals surface area contributed by atoms with Gasteiger partial charge in [0.2, 0.25) is 0 Å². The van der Waals surface area contributed by atoms with Crippen molar-refractivity contribution in [2.24, 2.45) is 5.92 Å². The first-order valence-electron chi connectivity index (χ1n) is 19.5. The summed E-state index contributed by atoms with van der Waals surface area (Å²) in [7, 11) is 0. The fourth-order valence-electron chi connectivity index (χ4n) is 6.53. The van der Waals surface area contributed by atoms with E-state index < -0.39 is 5.97 Å². The summed E-state index contributed by atoms with van der Waals surface area (Å²) in [6.45, 7) is 8.37. The van der Waals surface area contributed by atoms with Crippen LogP contribution in [0.3, 0.4) is 0 Å². The van der Waals surface area contributed by atoms with Crippen LogP contribution in [-0.2, 0) is 4.79 Å². The molecule has 0 fully saturated rings. The number of hydrogen-bond acceptors (Lipinski definition) is 1. The second-order valence-electron chi connectivity index (χ2n) is 13.8. The second-order valence-corrected chi connectivity index (χ2v) is 13.8. The number of hydrogen-bond donors (Lipinski definition) is 1. The Morgan fingerprint density at radius 3 is 0.905 bits per heavy atom. The Morgan fingerprint density at radius 2 is 0.667 bits per heavy atom. The summed E-state index contributed by atoms with van der Waals surface area (Å²) >= 11 is 0. The molecule has 0 aromatic heterocycles. The molecule has 0 aliphatic heterocycles. The van der Waals surface area contributed by atoms with Gasteiger partial charge < -0.3 is 5.11 Å². The zero-order valence-corrected chi connectivity index (χ0v) is 29.2. The minimum atomic E-state index is -0.812. The van der Waals surface area contributed by atoms with Crippen LogP contribution in [0, 0.1) is 5.92 Å². The van der Waals surface area contributed by atoms with Crippen LogP contribution in [0.15, 0.2) is 12.2 Å². The molecule has 0 amide bonds. The molecular weight excluding hydrogens is 512 g/mol. The highest BCUT2D eigenvalue weighted by Gasteiger charge is 2.12. The number of aliphatic carboxylic acids is 1. The molecule has 2 heteroatoms.